The van der Waals surface area contributed by atoms with Gasteiger partial charge in [-0.3, -0.25) is 0 Å². The second-order valence-electron chi connectivity index (χ2n) is 2.21. The fourth-order valence-electron chi connectivity index (χ4n) is 0.747. The quantitative estimate of drug-likeness (QED) is 0.785. The Morgan fingerprint density at radius 1 is 1.43 bits per heavy atom. The van der Waals surface area contributed by atoms with Gasteiger partial charge in [0.2, 0.25) is 5.88 Å². The predicted octanol–water partition coefficient (Wildman–Crippen LogP) is 2.59. The van der Waals surface area contributed by atoms with Crippen LogP contribution in [0, 0.1) is 3.57 Å². The van der Waals surface area contributed by atoms with Gasteiger partial charge in [0, 0.05) is 6.07 Å². The summed E-state index contributed by atoms with van der Waals surface area (Å²) in [7, 11) is 1.38. The van der Waals surface area contributed by atoms with Crippen molar-refractivity contribution < 1.29 is 22.6 Å². The lowest BCUT2D eigenvalue weighted by Crippen LogP contribution is -2.17. The Labute approximate surface area is 91.4 Å². The third-order valence-electron chi connectivity index (χ3n) is 1.21. The van der Waals surface area contributed by atoms with Gasteiger partial charge >= 0.3 is 6.36 Å². The zero-order valence-electron chi connectivity index (χ0n) is 6.93. The number of methoxy groups -OCH3 is 1. The minimum Gasteiger partial charge on any atom is -0.480 e. The van der Waals surface area contributed by atoms with Crippen LogP contribution in [0.3, 0.4) is 0 Å². The Balaban J connectivity index is 2.87. The maximum Gasteiger partial charge on any atom is 0.573 e. The van der Waals surface area contributed by atoms with Crippen molar-refractivity contribution in [2.24, 2.45) is 0 Å². The Kier molecular flexibility index (Phi) is 3.40. The number of alkyl halides is 3. The van der Waals surface area contributed by atoms with Gasteiger partial charge in [0.05, 0.1) is 16.9 Å². The number of aromatic nitrogens is 1. The minimum atomic E-state index is -4.70. The summed E-state index contributed by atoms with van der Waals surface area (Å²) in [6, 6.07) is 1.19. The molecule has 0 N–H and O–H groups in total. The van der Waals surface area contributed by atoms with Crippen molar-refractivity contribution in [1.29, 1.82) is 0 Å². The van der Waals surface area contributed by atoms with Gasteiger partial charge in [-0.1, -0.05) is 0 Å². The Hall–Kier alpha value is -0.730. The highest BCUT2D eigenvalue weighted by Crippen LogP contribution is 2.26. The molecule has 0 aliphatic carbocycles. The molecule has 0 fully saturated rings. The summed E-state index contributed by atoms with van der Waals surface area (Å²) < 4.78 is 44.2. The van der Waals surface area contributed by atoms with Crippen molar-refractivity contribution in [1.82, 2.24) is 4.98 Å². The first-order valence-corrected chi connectivity index (χ1v) is 4.45. The fourth-order valence-corrected chi connectivity index (χ4v) is 1.41. The molecule has 0 aliphatic heterocycles. The van der Waals surface area contributed by atoms with Crippen LogP contribution < -0.4 is 9.47 Å². The van der Waals surface area contributed by atoms with E-state index >= 15 is 0 Å². The molecule has 7 heteroatoms. The molecule has 0 radical (unpaired) electrons. The molecule has 0 spiro atoms. The largest absolute Gasteiger partial charge is 0.573 e. The van der Waals surface area contributed by atoms with E-state index in [4.69, 9.17) is 4.74 Å². The molecule has 0 amide bonds. The van der Waals surface area contributed by atoms with Crippen molar-refractivity contribution in [3.05, 3.63) is 15.8 Å². The average molecular weight is 319 g/mol. The molecular weight excluding hydrogens is 314 g/mol. The zero-order valence-corrected chi connectivity index (χ0v) is 9.09. The van der Waals surface area contributed by atoms with Gasteiger partial charge < -0.3 is 9.47 Å². The second kappa shape index (κ2) is 4.20. The van der Waals surface area contributed by atoms with E-state index < -0.39 is 6.36 Å². The number of ether oxygens (including phenoxy) is 2. The lowest BCUT2D eigenvalue weighted by Gasteiger charge is -2.09. The molecule has 1 aromatic heterocycles. The van der Waals surface area contributed by atoms with E-state index in [9.17, 15) is 13.2 Å². The Bertz CT molecular complexity index is 329. The molecule has 3 nitrogen and oxygen atoms in total. The first-order valence-electron chi connectivity index (χ1n) is 3.37. The van der Waals surface area contributed by atoms with Crippen LogP contribution in [0.1, 0.15) is 0 Å². The molecule has 78 valence electrons. The van der Waals surface area contributed by atoms with E-state index in [0.29, 0.717) is 3.57 Å². The summed E-state index contributed by atoms with van der Waals surface area (Å²) in [4.78, 5) is 3.63. The molecule has 0 bridgehead atoms. The third-order valence-corrected chi connectivity index (χ3v) is 1.98. The second-order valence-corrected chi connectivity index (χ2v) is 3.37. The van der Waals surface area contributed by atoms with Gasteiger partial charge in [-0.2, -0.15) is 0 Å². The molecule has 0 atom stereocenters. The first kappa shape index (κ1) is 11.3. The van der Waals surface area contributed by atoms with Crippen molar-refractivity contribution in [2.75, 3.05) is 7.11 Å². The number of hydrogen-bond acceptors (Lipinski definition) is 3. The van der Waals surface area contributed by atoms with Gasteiger partial charge in [0.15, 0.2) is 0 Å². The molecular formula is C7H5F3INO2. The van der Waals surface area contributed by atoms with Gasteiger partial charge in [-0.25, -0.2) is 4.98 Å². The fraction of sp³-hybridized carbons (Fsp3) is 0.286. The molecule has 1 aromatic rings. The average Bonchev–Trinajstić information content (AvgIpc) is 2.01. The number of rotatable bonds is 2. The van der Waals surface area contributed by atoms with Crippen LogP contribution in [-0.2, 0) is 0 Å². The van der Waals surface area contributed by atoms with Crippen LogP contribution in [0.2, 0.25) is 0 Å². The van der Waals surface area contributed by atoms with E-state index in [1.807, 2.05) is 0 Å². The van der Waals surface area contributed by atoms with Crippen LogP contribution >= 0.6 is 22.6 Å². The SMILES string of the molecule is COc1ncc(OC(F)(F)F)cc1I. The van der Waals surface area contributed by atoms with Crippen LogP contribution in [0.4, 0.5) is 13.2 Å². The van der Waals surface area contributed by atoms with E-state index in [2.05, 4.69) is 9.72 Å². The minimum absolute atomic E-state index is 0.264. The first-order chi connectivity index (χ1) is 6.42. The number of halogens is 4. The van der Waals surface area contributed by atoms with Crippen molar-refractivity contribution in [3.63, 3.8) is 0 Å². The molecule has 0 saturated heterocycles. The van der Waals surface area contributed by atoms with Gasteiger partial charge in [0.25, 0.3) is 0 Å². The Morgan fingerprint density at radius 2 is 2.07 bits per heavy atom. The van der Waals surface area contributed by atoms with Crippen molar-refractivity contribution in [2.45, 2.75) is 6.36 Å². The highest BCUT2D eigenvalue weighted by molar-refractivity contribution is 14.1. The van der Waals surface area contributed by atoms with Crippen molar-refractivity contribution in [3.8, 4) is 11.6 Å². The molecule has 14 heavy (non-hydrogen) atoms. The van der Waals surface area contributed by atoms with Crippen LogP contribution in [0.5, 0.6) is 11.6 Å². The zero-order chi connectivity index (χ0) is 10.8. The van der Waals surface area contributed by atoms with Gasteiger partial charge in [0.1, 0.15) is 5.75 Å². The monoisotopic (exact) mass is 319 g/mol. The van der Waals surface area contributed by atoms with E-state index in [-0.39, 0.29) is 11.6 Å². The molecule has 0 saturated carbocycles. The van der Waals surface area contributed by atoms with E-state index in [1.165, 1.54) is 13.2 Å². The lowest BCUT2D eigenvalue weighted by atomic mass is 10.4. The van der Waals surface area contributed by atoms with Crippen LogP contribution in [0.15, 0.2) is 12.3 Å². The summed E-state index contributed by atoms with van der Waals surface area (Å²) in [6.07, 6.45) is -3.74. The molecule has 1 heterocycles. The number of nitrogens with zero attached hydrogens (tertiary/aromatic N) is 1. The third kappa shape index (κ3) is 3.20. The highest BCUT2D eigenvalue weighted by Gasteiger charge is 2.31. The maximum atomic E-state index is 11.8. The van der Waals surface area contributed by atoms with Gasteiger partial charge in [-0.05, 0) is 22.6 Å². The van der Waals surface area contributed by atoms with Crippen LogP contribution in [-0.4, -0.2) is 18.5 Å². The molecule has 0 unspecified atom stereocenters. The lowest BCUT2D eigenvalue weighted by molar-refractivity contribution is -0.274. The summed E-state index contributed by atoms with van der Waals surface area (Å²) in [5.74, 6) is -0.0946. The number of pyridine rings is 1. The topological polar surface area (TPSA) is 31.4 Å². The summed E-state index contributed by atoms with van der Waals surface area (Å²) in [6.45, 7) is 0. The summed E-state index contributed by atoms with van der Waals surface area (Å²) >= 11 is 1.80. The normalized spacial score (nSPS) is 11.2. The molecule has 0 aromatic carbocycles. The Morgan fingerprint density at radius 3 is 2.50 bits per heavy atom. The smallest absolute Gasteiger partial charge is 0.480 e. The maximum absolute atomic E-state index is 11.8. The summed E-state index contributed by atoms with van der Waals surface area (Å²) in [5, 5.41) is 0. The predicted molar refractivity (Wildman–Crippen MR) is 50.2 cm³/mol. The van der Waals surface area contributed by atoms with Crippen LogP contribution in [0.25, 0.3) is 0 Å². The van der Waals surface area contributed by atoms with Crippen molar-refractivity contribution >= 4 is 22.6 Å². The highest BCUT2D eigenvalue weighted by atomic mass is 127. The molecule has 1 rings (SSSR count). The summed E-state index contributed by atoms with van der Waals surface area (Å²) in [5.41, 5.74) is 0. The van der Waals surface area contributed by atoms with Gasteiger partial charge in [-0.15, -0.1) is 13.2 Å². The standard InChI is InChI=1S/C7H5F3INO2/c1-13-6-5(11)2-4(3-12-6)14-7(8,9)10/h2-3H,1H3. The van der Waals surface area contributed by atoms with E-state index in [1.54, 1.807) is 22.6 Å². The van der Waals surface area contributed by atoms with E-state index in [0.717, 1.165) is 6.20 Å². The number of hydrogen-bond donors (Lipinski definition) is 0. The molecule has 0 aliphatic rings.